The predicted molar refractivity (Wildman–Crippen MR) is 101 cm³/mol. The molecule has 26 heavy (non-hydrogen) atoms. The summed E-state index contributed by atoms with van der Waals surface area (Å²) < 4.78 is 5.74. The fraction of sp³-hybridized carbons (Fsp3) is 0.350. The molecule has 0 aromatic heterocycles. The van der Waals surface area contributed by atoms with Crippen molar-refractivity contribution in [3.8, 4) is 5.75 Å². The van der Waals surface area contributed by atoms with E-state index in [1.54, 1.807) is 37.1 Å². The Hall–Kier alpha value is -2.89. The van der Waals surface area contributed by atoms with Crippen LogP contribution in [-0.2, 0) is 11.4 Å². The minimum atomic E-state index is -0.455. The maximum Gasteiger partial charge on any atom is 0.272 e. The van der Waals surface area contributed by atoms with Crippen LogP contribution in [0.2, 0.25) is 0 Å². The fourth-order valence-corrected chi connectivity index (χ4v) is 2.57. The quantitative estimate of drug-likeness (QED) is 0.584. The molecule has 0 fully saturated rings. The van der Waals surface area contributed by atoms with Crippen molar-refractivity contribution in [1.29, 1.82) is 0 Å². The van der Waals surface area contributed by atoms with Gasteiger partial charge in [-0.25, -0.2) is 0 Å². The normalized spacial score (nSPS) is 11.1. The van der Waals surface area contributed by atoms with E-state index in [-0.39, 0.29) is 18.2 Å². The number of anilines is 1. The zero-order valence-corrected chi connectivity index (χ0v) is 15.8. The molecular weight excluding hydrogens is 332 g/mol. The van der Waals surface area contributed by atoms with Crippen LogP contribution >= 0.6 is 0 Å². The number of nitro benzene ring substituents is 1. The van der Waals surface area contributed by atoms with E-state index in [9.17, 15) is 14.9 Å². The van der Waals surface area contributed by atoms with Crippen molar-refractivity contribution in [2.45, 2.75) is 34.3 Å². The van der Waals surface area contributed by atoms with Crippen LogP contribution in [0.25, 0.3) is 0 Å². The molecule has 0 aliphatic rings. The number of benzene rings is 2. The first-order chi connectivity index (χ1) is 12.1. The number of rotatable bonds is 5. The maximum atomic E-state index is 12.3. The van der Waals surface area contributed by atoms with Crippen LogP contribution in [0.1, 0.15) is 31.9 Å². The van der Waals surface area contributed by atoms with Gasteiger partial charge in [-0.05, 0) is 36.8 Å². The third kappa shape index (κ3) is 4.39. The van der Waals surface area contributed by atoms with E-state index in [1.165, 1.54) is 6.07 Å². The minimum absolute atomic E-state index is 0.0263. The molecule has 0 N–H and O–H groups in total. The number of amides is 1. The van der Waals surface area contributed by atoms with Gasteiger partial charge in [0.05, 0.1) is 4.92 Å². The third-order valence-electron chi connectivity index (χ3n) is 4.18. The molecule has 2 aromatic carbocycles. The van der Waals surface area contributed by atoms with E-state index in [4.69, 9.17) is 4.74 Å². The lowest BCUT2D eigenvalue weighted by Crippen LogP contribution is -2.36. The predicted octanol–water partition coefficient (Wildman–Crippen LogP) is 4.49. The molecule has 0 aliphatic heterocycles. The monoisotopic (exact) mass is 356 g/mol. The second-order valence-corrected chi connectivity index (χ2v) is 7.22. The second kappa shape index (κ2) is 7.56. The van der Waals surface area contributed by atoms with Crippen LogP contribution in [0, 0.1) is 22.5 Å². The van der Waals surface area contributed by atoms with Gasteiger partial charge >= 0.3 is 0 Å². The standard InChI is InChI=1S/C20H24N2O4/c1-14-15(7-6-8-18(14)22(24)25)13-26-17-11-9-16(10-12-17)21(5)19(23)20(2,3)4/h6-12H,13H2,1-5H3. The Bertz CT molecular complexity index is 808. The average molecular weight is 356 g/mol. The van der Waals surface area contributed by atoms with E-state index in [0.29, 0.717) is 11.3 Å². The summed E-state index contributed by atoms with van der Waals surface area (Å²) in [5.74, 6) is 0.662. The summed E-state index contributed by atoms with van der Waals surface area (Å²) in [6.45, 7) is 7.59. The van der Waals surface area contributed by atoms with Gasteiger partial charge < -0.3 is 9.64 Å². The Kier molecular flexibility index (Phi) is 5.65. The first-order valence-corrected chi connectivity index (χ1v) is 8.35. The molecule has 0 spiro atoms. The number of nitro groups is 1. The average Bonchev–Trinajstić information content (AvgIpc) is 2.59. The molecule has 2 rings (SSSR count). The Morgan fingerprint density at radius 1 is 1.15 bits per heavy atom. The molecule has 0 radical (unpaired) electrons. The molecule has 6 heteroatoms. The highest BCUT2D eigenvalue weighted by Crippen LogP contribution is 2.26. The molecule has 1 amide bonds. The first kappa shape index (κ1) is 19.4. The van der Waals surface area contributed by atoms with E-state index in [1.807, 2.05) is 39.0 Å². The maximum absolute atomic E-state index is 12.3. The summed E-state index contributed by atoms with van der Waals surface area (Å²) in [4.78, 5) is 24.6. The van der Waals surface area contributed by atoms with Crippen molar-refractivity contribution < 1.29 is 14.5 Å². The van der Waals surface area contributed by atoms with Gasteiger partial charge in [0.2, 0.25) is 5.91 Å². The molecule has 0 atom stereocenters. The highest BCUT2D eigenvalue weighted by Gasteiger charge is 2.25. The topological polar surface area (TPSA) is 72.7 Å². The lowest BCUT2D eigenvalue weighted by molar-refractivity contribution is -0.385. The van der Waals surface area contributed by atoms with E-state index in [0.717, 1.165) is 11.3 Å². The number of hydrogen-bond donors (Lipinski definition) is 0. The molecular formula is C20H24N2O4. The van der Waals surface area contributed by atoms with Gasteiger partial charge in [-0.3, -0.25) is 14.9 Å². The van der Waals surface area contributed by atoms with Gasteiger partial charge in [0.15, 0.2) is 0 Å². The van der Waals surface area contributed by atoms with Gasteiger partial charge in [-0.2, -0.15) is 0 Å². The number of carbonyl (C=O) groups is 1. The summed E-state index contributed by atoms with van der Waals surface area (Å²) in [5.41, 5.74) is 1.78. The first-order valence-electron chi connectivity index (χ1n) is 8.35. The Balaban J connectivity index is 2.08. The van der Waals surface area contributed by atoms with E-state index < -0.39 is 10.3 Å². The Morgan fingerprint density at radius 2 is 1.77 bits per heavy atom. The molecule has 0 saturated carbocycles. The highest BCUT2D eigenvalue weighted by atomic mass is 16.6. The van der Waals surface area contributed by atoms with E-state index in [2.05, 4.69) is 0 Å². The summed E-state index contributed by atoms with van der Waals surface area (Å²) in [5, 5.41) is 11.0. The van der Waals surface area contributed by atoms with Crippen molar-refractivity contribution in [3.05, 3.63) is 63.7 Å². The SMILES string of the molecule is Cc1c(COc2ccc(N(C)C(=O)C(C)(C)C)cc2)cccc1[N+](=O)[O-]. The summed E-state index contributed by atoms with van der Waals surface area (Å²) in [6.07, 6.45) is 0. The van der Waals surface area contributed by atoms with Crippen LogP contribution in [0.5, 0.6) is 5.75 Å². The van der Waals surface area contributed by atoms with Crippen molar-refractivity contribution in [2.75, 3.05) is 11.9 Å². The third-order valence-corrected chi connectivity index (χ3v) is 4.18. The van der Waals surface area contributed by atoms with Crippen LogP contribution in [-0.4, -0.2) is 17.9 Å². The number of ether oxygens (including phenoxy) is 1. The fourth-order valence-electron chi connectivity index (χ4n) is 2.57. The van der Waals surface area contributed by atoms with Crippen LogP contribution in [0.3, 0.4) is 0 Å². The smallest absolute Gasteiger partial charge is 0.272 e. The number of carbonyl (C=O) groups excluding carboxylic acids is 1. The molecule has 0 aliphatic carbocycles. The summed E-state index contributed by atoms with van der Waals surface area (Å²) >= 11 is 0. The highest BCUT2D eigenvalue weighted by molar-refractivity contribution is 5.96. The summed E-state index contributed by atoms with van der Waals surface area (Å²) in [6, 6.07) is 12.2. The zero-order chi connectivity index (χ0) is 19.5. The molecule has 0 heterocycles. The molecule has 2 aromatic rings. The van der Waals surface area contributed by atoms with Gasteiger partial charge in [0.1, 0.15) is 12.4 Å². The Morgan fingerprint density at radius 3 is 2.31 bits per heavy atom. The van der Waals surface area contributed by atoms with Gasteiger partial charge in [0, 0.05) is 29.8 Å². The van der Waals surface area contributed by atoms with Gasteiger partial charge in [-0.1, -0.05) is 32.9 Å². The van der Waals surface area contributed by atoms with Gasteiger partial charge in [0.25, 0.3) is 5.69 Å². The van der Waals surface area contributed by atoms with Crippen molar-refractivity contribution in [2.24, 2.45) is 5.41 Å². The number of hydrogen-bond acceptors (Lipinski definition) is 4. The van der Waals surface area contributed by atoms with Crippen molar-refractivity contribution >= 4 is 17.3 Å². The number of nitrogens with zero attached hydrogens (tertiary/aromatic N) is 2. The molecule has 6 nitrogen and oxygen atoms in total. The van der Waals surface area contributed by atoms with Crippen LogP contribution < -0.4 is 9.64 Å². The van der Waals surface area contributed by atoms with Crippen molar-refractivity contribution in [1.82, 2.24) is 0 Å². The summed E-state index contributed by atoms with van der Waals surface area (Å²) in [7, 11) is 1.75. The zero-order valence-electron chi connectivity index (χ0n) is 15.8. The molecule has 0 bridgehead atoms. The molecule has 0 saturated heterocycles. The lowest BCUT2D eigenvalue weighted by Gasteiger charge is -2.26. The largest absolute Gasteiger partial charge is 0.489 e. The van der Waals surface area contributed by atoms with Crippen LogP contribution in [0.4, 0.5) is 11.4 Å². The lowest BCUT2D eigenvalue weighted by atomic mass is 9.95. The van der Waals surface area contributed by atoms with E-state index >= 15 is 0 Å². The minimum Gasteiger partial charge on any atom is -0.489 e. The molecule has 138 valence electrons. The Labute approximate surface area is 153 Å². The van der Waals surface area contributed by atoms with Crippen molar-refractivity contribution in [3.63, 3.8) is 0 Å². The van der Waals surface area contributed by atoms with Crippen LogP contribution in [0.15, 0.2) is 42.5 Å². The second-order valence-electron chi connectivity index (χ2n) is 7.22. The van der Waals surface area contributed by atoms with Gasteiger partial charge in [-0.15, -0.1) is 0 Å². The molecule has 0 unspecified atom stereocenters.